The van der Waals surface area contributed by atoms with Gasteiger partial charge in [-0.1, -0.05) is 60.7 Å². The molecule has 7 nitrogen and oxygen atoms in total. The number of likely N-dealkylation sites (N-methyl/N-ethyl adjacent to an activating group) is 1. The molecule has 0 bridgehead atoms. The second kappa shape index (κ2) is 11.6. The van der Waals surface area contributed by atoms with E-state index in [2.05, 4.69) is 0 Å². The Labute approximate surface area is 232 Å². The average Bonchev–Trinajstić information content (AvgIpc) is 2.97. The number of anilines is 1. The first-order chi connectivity index (χ1) is 19.3. The van der Waals surface area contributed by atoms with Gasteiger partial charge in [-0.15, -0.1) is 0 Å². The highest BCUT2D eigenvalue weighted by molar-refractivity contribution is 7.89. The van der Waals surface area contributed by atoms with Crippen molar-refractivity contribution >= 4 is 38.4 Å². The maximum absolute atomic E-state index is 13.5. The first-order valence-corrected chi connectivity index (χ1v) is 14.5. The number of benzene rings is 4. The van der Waals surface area contributed by atoms with E-state index in [0.717, 1.165) is 34.2 Å². The largest absolute Gasteiger partial charge is 0.455 e. The van der Waals surface area contributed by atoms with Crippen LogP contribution >= 0.6 is 0 Å². The van der Waals surface area contributed by atoms with Gasteiger partial charge in [0, 0.05) is 18.5 Å². The molecule has 1 heterocycles. The third-order valence-electron chi connectivity index (χ3n) is 7.17. The maximum Gasteiger partial charge on any atom is 0.308 e. The highest BCUT2D eigenvalue weighted by Crippen LogP contribution is 2.36. The Morgan fingerprint density at radius 3 is 2.42 bits per heavy atom. The lowest BCUT2D eigenvalue weighted by atomic mass is 9.92. The molecule has 4 aromatic rings. The van der Waals surface area contributed by atoms with E-state index < -0.39 is 34.5 Å². The summed E-state index contributed by atoms with van der Waals surface area (Å²) >= 11 is 0. The second-order valence-corrected chi connectivity index (χ2v) is 11.4. The third kappa shape index (κ3) is 5.48. The number of hydrogen-bond acceptors (Lipinski definition) is 5. The molecule has 0 radical (unpaired) electrons. The molecule has 0 spiro atoms. The van der Waals surface area contributed by atoms with Crippen LogP contribution in [0.15, 0.2) is 95.9 Å². The van der Waals surface area contributed by atoms with Crippen LogP contribution in [0.2, 0.25) is 0 Å². The molecule has 0 aliphatic carbocycles. The molecular weight excluding hydrogens is 531 g/mol. The average molecular weight is 561 g/mol. The summed E-state index contributed by atoms with van der Waals surface area (Å²) in [6, 6.07) is 24.5. The predicted octanol–water partition coefficient (Wildman–Crippen LogP) is 5.25. The molecule has 5 rings (SSSR count). The van der Waals surface area contributed by atoms with E-state index in [-0.39, 0.29) is 23.8 Å². The fraction of sp³-hybridized carbons (Fsp3) is 0.226. The van der Waals surface area contributed by atoms with Crippen LogP contribution in [0.4, 0.5) is 10.1 Å². The molecule has 1 aliphatic rings. The van der Waals surface area contributed by atoms with Gasteiger partial charge in [-0.05, 0) is 60.2 Å². The number of rotatable bonds is 8. The molecular formula is C31H29FN2O5S. The second-order valence-electron chi connectivity index (χ2n) is 9.54. The Morgan fingerprint density at radius 2 is 1.65 bits per heavy atom. The summed E-state index contributed by atoms with van der Waals surface area (Å²) in [5.41, 5.74) is 2.36. The van der Waals surface area contributed by atoms with Crippen LogP contribution in [-0.4, -0.2) is 44.3 Å². The van der Waals surface area contributed by atoms with Crippen LogP contribution in [0.5, 0.6) is 0 Å². The van der Waals surface area contributed by atoms with E-state index in [4.69, 9.17) is 4.74 Å². The van der Waals surface area contributed by atoms with Crippen molar-refractivity contribution in [2.45, 2.75) is 30.7 Å². The lowest BCUT2D eigenvalue weighted by Crippen LogP contribution is -2.41. The van der Waals surface area contributed by atoms with E-state index in [1.807, 2.05) is 61.5 Å². The van der Waals surface area contributed by atoms with Crippen molar-refractivity contribution in [3.63, 3.8) is 0 Å². The normalized spacial score (nSPS) is 15.4. The van der Waals surface area contributed by atoms with Crippen molar-refractivity contribution in [3.8, 4) is 0 Å². The molecule has 0 saturated carbocycles. The molecule has 1 aliphatic heterocycles. The molecule has 0 saturated heterocycles. The lowest BCUT2D eigenvalue weighted by Gasteiger charge is -2.36. The Hall–Kier alpha value is -4.08. The number of ether oxygens (including phenoxy) is 1. The quantitative estimate of drug-likeness (QED) is 0.275. The van der Waals surface area contributed by atoms with E-state index in [9.17, 15) is 22.4 Å². The van der Waals surface area contributed by atoms with E-state index in [0.29, 0.717) is 18.5 Å². The number of amides is 1. The molecule has 0 fully saturated rings. The van der Waals surface area contributed by atoms with Crippen LogP contribution in [0.1, 0.15) is 30.5 Å². The Bertz CT molecular complexity index is 1650. The summed E-state index contributed by atoms with van der Waals surface area (Å²) in [7, 11) is -4.04. The molecule has 1 amide bonds. The Balaban J connectivity index is 1.35. The van der Waals surface area contributed by atoms with Crippen molar-refractivity contribution < 1.29 is 27.1 Å². The molecule has 0 aromatic heterocycles. The van der Waals surface area contributed by atoms with Gasteiger partial charge in [0.25, 0.3) is 5.91 Å². The first kappa shape index (κ1) is 27.5. The van der Waals surface area contributed by atoms with E-state index in [1.54, 1.807) is 17.0 Å². The van der Waals surface area contributed by atoms with Crippen molar-refractivity contribution in [1.82, 2.24) is 4.31 Å². The fourth-order valence-electron chi connectivity index (χ4n) is 5.23. The summed E-state index contributed by atoms with van der Waals surface area (Å²) in [4.78, 5) is 27.7. The zero-order chi connectivity index (χ0) is 28.3. The smallest absolute Gasteiger partial charge is 0.308 e. The summed E-state index contributed by atoms with van der Waals surface area (Å²) in [6.07, 6.45) is 0.197. The van der Waals surface area contributed by atoms with Crippen LogP contribution in [0, 0.1) is 5.82 Å². The minimum absolute atomic E-state index is 0.0597. The Morgan fingerprint density at radius 1 is 0.950 bits per heavy atom. The number of carbonyl (C=O) groups is 2. The van der Waals surface area contributed by atoms with Crippen molar-refractivity contribution in [2.75, 3.05) is 24.6 Å². The van der Waals surface area contributed by atoms with E-state index >= 15 is 0 Å². The van der Waals surface area contributed by atoms with Gasteiger partial charge in [0.05, 0.1) is 23.0 Å². The first-order valence-electron chi connectivity index (χ1n) is 13.1. The highest BCUT2D eigenvalue weighted by Gasteiger charge is 2.38. The lowest BCUT2D eigenvalue weighted by molar-refractivity contribution is -0.148. The van der Waals surface area contributed by atoms with E-state index in [1.165, 1.54) is 16.4 Å². The minimum atomic E-state index is -4.04. The number of halogens is 1. The van der Waals surface area contributed by atoms with Gasteiger partial charge in [-0.25, -0.2) is 12.8 Å². The molecule has 4 aromatic carbocycles. The maximum atomic E-state index is 13.5. The summed E-state index contributed by atoms with van der Waals surface area (Å²) in [5, 5.41) is 1.90. The number of fused-ring (bicyclic) bond motifs is 2. The molecule has 0 unspecified atom stereocenters. The topological polar surface area (TPSA) is 84.0 Å². The molecule has 1 atom stereocenters. The molecule has 206 valence electrons. The number of esters is 1. The van der Waals surface area contributed by atoms with Gasteiger partial charge < -0.3 is 9.64 Å². The zero-order valence-corrected chi connectivity index (χ0v) is 22.8. The van der Waals surface area contributed by atoms with Gasteiger partial charge in [0.15, 0.2) is 6.61 Å². The number of hydrogen-bond donors (Lipinski definition) is 0. The van der Waals surface area contributed by atoms with Gasteiger partial charge in [0.1, 0.15) is 5.82 Å². The Kier molecular flexibility index (Phi) is 7.95. The highest BCUT2D eigenvalue weighted by atomic mass is 32.2. The molecule has 9 heteroatoms. The monoisotopic (exact) mass is 560 g/mol. The SMILES string of the molecule is CCN(C(=O)COC(=O)C[C@H]1c2ccccc2CCN1S(=O)(=O)c1ccc(F)cc1)c1cccc2ccccc12. The third-order valence-corrected chi connectivity index (χ3v) is 9.10. The predicted molar refractivity (Wildman–Crippen MR) is 151 cm³/mol. The van der Waals surface area contributed by atoms with Crippen LogP contribution in [-0.2, 0) is 30.8 Å². The number of carbonyl (C=O) groups excluding carboxylic acids is 2. The van der Waals surface area contributed by atoms with Crippen molar-refractivity contribution in [2.24, 2.45) is 0 Å². The van der Waals surface area contributed by atoms with Crippen molar-refractivity contribution in [1.29, 1.82) is 0 Å². The summed E-state index contributed by atoms with van der Waals surface area (Å²) < 4.78 is 47.3. The van der Waals surface area contributed by atoms with Gasteiger partial charge in [-0.3, -0.25) is 9.59 Å². The zero-order valence-electron chi connectivity index (χ0n) is 22.0. The minimum Gasteiger partial charge on any atom is -0.455 e. The molecule has 40 heavy (non-hydrogen) atoms. The van der Waals surface area contributed by atoms with Gasteiger partial charge in [-0.2, -0.15) is 4.31 Å². The number of nitrogens with zero attached hydrogens (tertiary/aromatic N) is 2. The van der Waals surface area contributed by atoms with Crippen molar-refractivity contribution in [3.05, 3.63) is 108 Å². The summed E-state index contributed by atoms with van der Waals surface area (Å²) in [5.74, 6) is -1.62. The molecule has 0 N–H and O–H groups in total. The fourth-order valence-corrected chi connectivity index (χ4v) is 6.84. The van der Waals surface area contributed by atoms with Crippen LogP contribution in [0.3, 0.4) is 0 Å². The van der Waals surface area contributed by atoms with Gasteiger partial charge in [0.2, 0.25) is 10.0 Å². The number of sulfonamides is 1. The van der Waals surface area contributed by atoms with Gasteiger partial charge >= 0.3 is 5.97 Å². The summed E-state index contributed by atoms with van der Waals surface area (Å²) in [6.45, 7) is 1.90. The standard InChI is InChI=1S/C31H29FN2O5S/c1-2-33(28-13-7-10-22-8-3-5-11-26(22)28)30(35)21-39-31(36)20-29-27-12-6-4-9-23(27)18-19-34(29)40(37,38)25-16-14-24(32)15-17-25/h3-17,29H,2,18-21H2,1H3/t29-/m0/s1. The van der Waals surface area contributed by atoms with Crippen LogP contribution in [0.25, 0.3) is 10.8 Å². The van der Waals surface area contributed by atoms with Crippen LogP contribution < -0.4 is 4.90 Å².